The summed E-state index contributed by atoms with van der Waals surface area (Å²) in [4.78, 5) is 21.8. The van der Waals surface area contributed by atoms with Gasteiger partial charge in [-0.15, -0.1) is 0 Å². The van der Waals surface area contributed by atoms with Gasteiger partial charge >= 0.3 is 6.18 Å². The van der Waals surface area contributed by atoms with E-state index in [0.717, 1.165) is 19.1 Å². The fourth-order valence-corrected chi connectivity index (χ4v) is 0.940. The highest BCUT2D eigenvalue weighted by atomic mass is 19.4. The summed E-state index contributed by atoms with van der Waals surface area (Å²) in [5, 5.41) is 0. The zero-order valence-corrected chi connectivity index (χ0v) is 6.63. The number of nitrogens with zero attached hydrogens (tertiary/aromatic N) is 1. The van der Waals surface area contributed by atoms with Crippen LogP contribution in [0, 0.1) is 0 Å². The highest BCUT2D eigenvalue weighted by Gasteiger charge is 2.45. The second kappa shape index (κ2) is 2.86. The van der Waals surface area contributed by atoms with Crippen molar-refractivity contribution in [3.63, 3.8) is 0 Å². The third-order valence-corrected chi connectivity index (χ3v) is 1.70. The Kier molecular flexibility index (Phi) is 2.15. The minimum atomic E-state index is -4.57. The minimum Gasteiger partial charge on any atom is -0.269 e. The molecule has 0 aromatic heterocycles. The molecule has 0 saturated carbocycles. The molecule has 0 fully saturated rings. The average Bonchev–Trinajstić information content (AvgIpc) is 2.28. The largest absolute Gasteiger partial charge is 0.409 e. The maximum absolute atomic E-state index is 12.1. The van der Waals surface area contributed by atoms with Gasteiger partial charge < -0.3 is 0 Å². The Morgan fingerprint density at radius 1 is 1.23 bits per heavy atom. The van der Waals surface area contributed by atoms with Gasteiger partial charge in [-0.1, -0.05) is 0 Å². The molecule has 0 bridgehead atoms. The van der Waals surface area contributed by atoms with E-state index in [1.54, 1.807) is 0 Å². The van der Waals surface area contributed by atoms with Crippen molar-refractivity contribution in [2.45, 2.75) is 19.1 Å². The first-order valence-electron chi connectivity index (χ1n) is 3.46. The SMILES string of the molecule is CC(N1C(=O)C=CC1=O)C(F)(F)F. The Hall–Kier alpha value is -1.33. The zero-order chi connectivity index (χ0) is 10.2. The van der Waals surface area contributed by atoms with E-state index in [1.807, 2.05) is 0 Å². The van der Waals surface area contributed by atoms with E-state index in [0.29, 0.717) is 0 Å². The third kappa shape index (κ3) is 1.71. The maximum Gasteiger partial charge on any atom is 0.409 e. The molecule has 3 nitrogen and oxygen atoms in total. The van der Waals surface area contributed by atoms with E-state index < -0.39 is 24.0 Å². The lowest BCUT2D eigenvalue weighted by atomic mass is 10.3. The number of alkyl halides is 3. The quantitative estimate of drug-likeness (QED) is 0.579. The molecule has 0 saturated heterocycles. The molecular formula is C7H6F3NO2. The van der Waals surface area contributed by atoms with Crippen LogP contribution < -0.4 is 0 Å². The molecule has 72 valence electrons. The highest BCUT2D eigenvalue weighted by molar-refractivity contribution is 6.13. The Bertz CT molecular complexity index is 264. The smallest absolute Gasteiger partial charge is 0.269 e. The number of hydrogen-bond acceptors (Lipinski definition) is 2. The van der Waals surface area contributed by atoms with Crippen molar-refractivity contribution >= 4 is 11.8 Å². The van der Waals surface area contributed by atoms with Crippen LogP contribution in [0.4, 0.5) is 13.2 Å². The molecule has 1 atom stereocenters. The van der Waals surface area contributed by atoms with Crippen LogP contribution in [0.1, 0.15) is 6.92 Å². The van der Waals surface area contributed by atoms with Crippen molar-refractivity contribution in [3.05, 3.63) is 12.2 Å². The highest BCUT2D eigenvalue weighted by Crippen LogP contribution is 2.26. The van der Waals surface area contributed by atoms with Crippen molar-refractivity contribution in [1.29, 1.82) is 0 Å². The molecule has 1 aliphatic heterocycles. The van der Waals surface area contributed by atoms with Gasteiger partial charge in [-0.3, -0.25) is 14.5 Å². The molecule has 1 rings (SSSR count). The van der Waals surface area contributed by atoms with E-state index in [4.69, 9.17) is 0 Å². The van der Waals surface area contributed by atoms with E-state index in [2.05, 4.69) is 0 Å². The van der Waals surface area contributed by atoms with Gasteiger partial charge in [0.25, 0.3) is 11.8 Å². The van der Waals surface area contributed by atoms with Crippen molar-refractivity contribution in [2.24, 2.45) is 0 Å². The molecular weight excluding hydrogens is 187 g/mol. The zero-order valence-electron chi connectivity index (χ0n) is 6.63. The predicted molar refractivity (Wildman–Crippen MR) is 36.5 cm³/mol. The van der Waals surface area contributed by atoms with Gasteiger partial charge in [0.1, 0.15) is 6.04 Å². The standard InChI is InChI=1S/C7H6F3NO2/c1-4(7(8,9)10)11-5(12)2-3-6(11)13/h2-4H,1H3. The van der Waals surface area contributed by atoms with Crippen molar-refractivity contribution in [2.75, 3.05) is 0 Å². The number of imide groups is 1. The van der Waals surface area contributed by atoms with Crippen LogP contribution in [0.2, 0.25) is 0 Å². The monoisotopic (exact) mass is 193 g/mol. The molecule has 1 aliphatic rings. The fraction of sp³-hybridized carbons (Fsp3) is 0.429. The molecule has 2 amide bonds. The van der Waals surface area contributed by atoms with Crippen LogP contribution >= 0.6 is 0 Å². The van der Waals surface area contributed by atoms with Gasteiger partial charge in [-0.25, -0.2) is 0 Å². The lowest BCUT2D eigenvalue weighted by molar-refractivity contribution is -0.185. The number of hydrogen-bond donors (Lipinski definition) is 0. The van der Waals surface area contributed by atoms with Gasteiger partial charge in [0, 0.05) is 12.2 Å². The fourth-order valence-electron chi connectivity index (χ4n) is 0.940. The third-order valence-electron chi connectivity index (χ3n) is 1.70. The Morgan fingerprint density at radius 3 is 1.92 bits per heavy atom. The molecule has 0 radical (unpaired) electrons. The normalized spacial score (nSPS) is 19.8. The summed E-state index contributed by atoms with van der Waals surface area (Å²) in [7, 11) is 0. The Labute approximate surface area is 71.8 Å². The number of carbonyl (C=O) groups excluding carboxylic acids is 2. The van der Waals surface area contributed by atoms with Crippen molar-refractivity contribution < 1.29 is 22.8 Å². The van der Waals surface area contributed by atoms with E-state index in [1.165, 1.54) is 0 Å². The number of amides is 2. The van der Waals surface area contributed by atoms with Gasteiger partial charge in [0.2, 0.25) is 0 Å². The molecule has 0 spiro atoms. The number of rotatable bonds is 1. The molecule has 13 heavy (non-hydrogen) atoms. The number of halogens is 3. The molecule has 1 heterocycles. The van der Waals surface area contributed by atoms with Gasteiger partial charge in [0.05, 0.1) is 0 Å². The minimum absolute atomic E-state index is 0.181. The van der Waals surface area contributed by atoms with E-state index >= 15 is 0 Å². The summed E-state index contributed by atoms with van der Waals surface area (Å²) in [6.07, 6.45) is -2.92. The Balaban J connectivity index is 2.85. The lowest BCUT2D eigenvalue weighted by Crippen LogP contribution is -2.46. The summed E-state index contributed by atoms with van der Waals surface area (Å²) in [6.45, 7) is 0.767. The Morgan fingerprint density at radius 2 is 1.62 bits per heavy atom. The summed E-state index contributed by atoms with van der Waals surface area (Å²) >= 11 is 0. The molecule has 1 unspecified atom stereocenters. The molecule has 0 aromatic rings. The van der Waals surface area contributed by atoms with Crippen LogP contribution in [0.3, 0.4) is 0 Å². The summed E-state index contributed by atoms with van der Waals surface area (Å²) < 4.78 is 36.2. The maximum atomic E-state index is 12.1. The molecule has 6 heteroatoms. The average molecular weight is 193 g/mol. The number of carbonyl (C=O) groups is 2. The second-order valence-corrected chi connectivity index (χ2v) is 2.60. The first-order chi connectivity index (χ1) is 5.84. The van der Waals surface area contributed by atoms with Gasteiger partial charge in [-0.05, 0) is 6.92 Å². The van der Waals surface area contributed by atoms with E-state index in [-0.39, 0.29) is 4.90 Å². The first kappa shape index (κ1) is 9.76. The van der Waals surface area contributed by atoms with E-state index in [9.17, 15) is 22.8 Å². The van der Waals surface area contributed by atoms with Crippen LogP contribution in [-0.2, 0) is 9.59 Å². The first-order valence-corrected chi connectivity index (χ1v) is 3.46. The van der Waals surface area contributed by atoms with Crippen LogP contribution in [0.15, 0.2) is 12.2 Å². The van der Waals surface area contributed by atoms with Crippen molar-refractivity contribution in [3.8, 4) is 0 Å². The summed E-state index contributed by atoms with van der Waals surface area (Å²) in [5.41, 5.74) is 0. The predicted octanol–water partition coefficient (Wildman–Crippen LogP) is 0.862. The van der Waals surface area contributed by atoms with Crippen LogP contribution in [0.5, 0.6) is 0 Å². The second-order valence-electron chi connectivity index (χ2n) is 2.60. The molecule has 0 aliphatic carbocycles. The van der Waals surface area contributed by atoms with Crippen molar-refractivity contribution in [1.82, 2.24) is 4.90 Å². The van der Waals surface area contributed by atoms with Gasteiger partial charge in [-0.2, -0.15) is 13.2 Å². The molecule has 0 aromatic carbocycles. The lowest BCUT2D eigenvalue weighted by Gasteiger charge is -2.24. The summed E-state index contributed by atoms with van der Waals surface area (Å²) in [6, 6.07) is -2.07. The molecule has 0 N–H and O–H groups in total. The summed E-state index contributed by atoms with van der Waals surface area (Å²) in [5.74, 6) is -1.84. The van der Waals surface area contributed by atoms with Crippen LogP contribution in [-0.4, -0.2) is 28.9 Å². The van der Waals surface area contributed by atoms with Crippen LogP contribution in [0.25, 0.3) is 0 Å². The topological polar surface area (TPSA) is 37.4 Å². The van der Waals surface area contributed by atoms with Gasteiger partial charge in [0.15, 0.2) is 0 Å².